The minimum absolute atomic E-state index is 0.151. The monoisotopic (exact) mass is 998 g/mol. The van der Waals surface area contributed by atoms with Gasteiger partial charge in [-0.2, -0.15) is 0 Å². The highest BCUT2D eigenvalue weighted by Gasteiger charge is 2.28. The summed E-state index contributed by atoms with van der Waals surface area (Å²) >= 11 is 0. The van der Waals surface area contributed by atoms with Gasteiger partial charge in [0.2, 0.25) is 5.91 Å². The summed E-state index contributed by atoms with van der Waals surface area (Å²) in [5.74, 6) is -2.35. The number of carboxylic acids is 1. The second-order valence-corrected chi connectivity index (χ2v) is 21.3. The molecule has 12 heteroatoms. The van der Waals surface area contributed by atoms with Crippen molar-refractivity contribution in [3.8, 4) is 0 Å². The molecule has 0 aromatic heterocycles. The molecule has 1 amide bonds. The molecule has 0 spiro atoms. The number of allylic oxidation sites excluding steroid dienone is 4. The van der Waals surface area contributed by atoms with Gasteiger partial charge in [0.05, 0.1) is 13.2 Å². The molecular formula is C57H108NO10P. The third kappa shape index (κ3) is 52.1. The van der Waals surface area contributed by atoms with Crippen LogP contribution in [0.3, 0.4) is 0 Å². The van der Waals surface area contributed by atoms with Crippen molar-refractivity contribution in [3.05, 3.63) is 24.3 Å². The molecule has 0 heterocycles. The molecule has 0 bridgehead atoms. The van der Waals surface area contributed by atoms with Crippen LogP contribution in [0.1, 0.15) is 290 Å². The quantitative estimate of drug-likeness (QED) is 0.0199. The molecule has 4 N–H and O–H groups in total. The van der Waals surface area contributed by atoms with Gasteiger partial charge in [0, 0.05) is 12.8 Å². The second kappa shape index (κ2) is 52.3. The normalized spacial score (nSPS) is 13.6. The van der Waals surface area contributed by atoms with Crippen LogP contribution < -0.4 is 5.32 Å². The minimum Gasteiger partial charge on any atom is -0.480 e. The summed E-state index contributed by atoms with van der Waals surface area (Å²) in [6.45, 7) is 2.64. The molecule has 0 aliphatic heterocycles. The number of phosphoric acid groups is 1. The van der Waals surface area contributed by atoms with Crippen LogP contribution >= 0.6 is 7.82 Å². The van der Waals surface area contributed by atoms with Gasteiger partial charge in [-0.3, -0.25) is 18.6 Å². The van der Waals surface area contributed by atoms with Crippen molar-refractivity contribution in [1.82, 2.24) is 5.32 Å². The first-order valence-corrected chi connectivity index (χ1v) is 30.4. The number of rotatable bonds is 55. The van der Waals surface area contributed by atoms with Crippen LogP contribution in [0, 0.1) is 0 Å². The van der Waals surface area contributed by atoms with E-state index in [1.54, 1.807) is 0 Å². The Bertz CT molecular complexity index is 1260. The molecule has 0 aromatic carbocycles. The van der Waals surface area contributed by atoms with Crippen LogP contribution in [-0.4, -0.2) is 64.9 Å². The second-order valence-electron chi connectivity index (χ2n) is 19.8. The standard InChI is InChI=1S/C57H108NO10P/c1-3-5-7-9-11-13-15-17-19-21-23-25-26-27-29-30-32-34-36-38-40-42-44-46-48-55(60)58-54(57(62)63)52-68-69(64,65)67-51-53(59)50-66-56(61)49-47-45-43-41-39-37-35-33-31-28-24-22-20-18-16-14-12-10-8-6-4-2/h12,14,18,20,53-54,59H,3-11,13,15-17,19,21-52H2,1-2H3,(H,58,60)(H,62,63)(H,64,65)/b14-12-,20-18-. The minimum atomic E-state index is -4.76. The van der Waals surface area contributed by atoms with Gasteiger partial charge >= 0.3 is 19.8 Å². The summed E-state index contributed by atoms with van der Waals surface area (Å²) in [6.07, 6.45) is 59.2. The number of nitrogens with one attached hydrogen (secondary N) is 1. The number of hydrogen-bond acceptors (Lipinski definition) is 8. The van der Waals surface area contributed by atoms with Gasteiger partial charge in [-0.15, -0.1) is 0 Å². The zero-order valence-corrected chi connectivity index (χ0v) is 45.5. The smallest absolute Gasteiger partial charge is 0.472 e. The van der Waals surface area contributed by atoms with Gasteiger partial charge in [-0.1, -0.05) is 256 Å². The van der Waals surface area contributed by atoms with Crippen LogP contribution in [0.2, 0.25) is 0 Å². The SMILES string of the molecule is CCCCC/C=C\C/C=C\CCCCCCCCCCCCCC(=O)OCC(O)COP(=O)(O)OCC(NC(=O)CCCCCCCCCCCCCCCCCCCCCCCCCC)C(=O)O. The summed E-state index contributed by atoms with van der Waals surface area (Å²) in [5, 5.41) is 22.0. The summed E-state index contributed by atoms with van der Waals surface area (Å²) in [7, 11) is -4.76. The molecule has 69 heavy (non-hydrogen) atoms. The third-order valence-electron chi connectivity index (χ3n) is 13.0. The molecule has 0 aliphatic carbocycles. The van der Waals surface area contributed by atoms with Crippen LogP contribution in [0.15, 0.2) is 24.3 Å². The number of esters is 1. The highest BCUT2D eigenvalue weighted by Crippen LogP contribution is 2.43. The molecule has 0 saturated heterocycles. The van der Waals surface area contributed by atoms with Gasteiger partial charge in [0.25, 0.3) is 0 Å². The fourth-order valence-corrected chi connectivity index (χ4v) is 9.30. The predicted molar refractivity (Wildman–Crippen MR) is 286 cm³/mol. The highest BCUT2D eigenvalue weighted by molar-refractivity contribution is 7.47. The lowest BCUT2D eigenvalue weighted by Gasteiger charge is -2.18. The Labute approximate surface area is 423 Å². The Morgan fingerprint density at radius 3 is 1.20 bits per heavy atom. The zero-order chi connectivity index (χ0) is 50.6. The van der Waals surface area contributed by atoms with E-state index in [2.05, 4.69) is 43.5 Å². The number of carbonyl (C=O) groups excluding carboxylic acids is 2. The molecule has 3 unspecified atom stereocenters. The predicted octanol–water partition coefficient (Wildman–Crippen LogP) is 16.5. The lowest BCUT2D eigenvalue weighted by Crippen LogP contribution is -2.43. The Morgan fingerprint density at radius 1 is 0.464 bits per heavy atom. The Kier molecular flexibility index (Phi) is 50.7. The third-order valence-corrected chi connectivity index (χ3v) is 13.9. The van der Waals surface area contributed by atoms with E-state index >= 15 is 0 Å². The van der Waals surface area contributed by atoms with E-state index in [-0.39, 0.29) is 12.8 Å². The van der Waals surface area contributed by atoms with E-state index in [9.17, 15) is 34.1 Å². The number of aliphatic hydroxyl groups is 1. The molecule has 0 aromatic rings. The number of unbranched alkanes of at least 4 members (excludes halogenated alkanes) is 37. The molecule has 0 radical (unpaired) electrons. The van der Waals surface area contributed by atoms with E-state index in [0.717, 1.165) is 44.9 Å². The first-order valence-electron chi connectivity index (χ1n) is 28.9. The van der Waals surface area contributed by atoms with E-state index in [4.69, 9.17) is 13.8 Å². The number of carbonyl (C=O) groups is 3. The van der Waals surface area contributed by atoms with E-state index in [0.29, 0.717) is 12.8 Å². The Balaban J connectivity index is 3.74. The molecule has 0 rings (SSSR count). The molecule has 0 aliphatic rings. The summed E-state index contributed by atoms with van der Waals surface area (Å²) < 4.78 is 27.0. The van der Waals surface area contributed by atoms with Crippen LogP contribution in [0.4, 0.5) is 0 Å². The summed E-state index contributed by atoms with van der Waals surface area (Å²) in [5.41, 5.74) is 0. The maximum absolute atomic E-state index is 12.4. The van der Waals surface area contributed by atoms with Crippen molar-refractivity contribution in [2.75, 3.05) is 19.8 Å². The lowest BCUT2D eigenvalue weighted by molar-refractivity contribution is -0.147. The molecular weight excluding hydrogens is 890 g/mol. The summed E-state index contributed by atoms with van der Waals surface area (Å²) in [6, 6.07) is -1.54. The molecule has 406 valence electrons. The fraction of sp³-hybridized carbons (Fsp3) is 0.877. The largest absolute Gasteiger partial charge is 0.480 e. The van der Waals surface area contributed by atoms with Crippen LogP contribution in [-0.2, 0) is 32.7 Å². The molecule has 0 saturated carbocycles. The number of ether oxygens (including phenoxy) is 1. The van der Waals surface area contributed by atoms with E-state index < -0.39 is 57.6 Å². The maximum Gasteiger partial charge on any atom is 0.472 e. The zero-order valence-electron chi connectivity index (χ0n) is 44.6. The first kappa shape index (κ1) is 67.0. The van der Waals surface area contributed by atoms with Crippen molar-refractivity contribution in [1.29, 1.82) is 0 Å². The van der Waals surface area contributed by atoms with Crippen molar-refractivity contribution in [2.24, 2.45) is 0 Å². The lowest BCUT2D eigenvalue weighted by atomic mass is 10.0. The van der Waals surface area contributed by atoms with Gasteiger partial charge in [0.15, 0.2) is 6.04 Å². The van der Waals surface area contributed by atoms with Gasteiger partial charge in [-0.25, -0.2) is 9.36 Å². The highest BCUT2D eigenvalue weighted by atomic mass is 31.2. The molecule has 3 atom stereocenters. The number of phosphoric ester groups is 1. The average Bonchev–Trinajstić information content (AvgIpc) is 3.33. The van der Waals surface area contributed by atoms with Crippen molar-refractivity contribution in [3.63, 3.8) is 0 Å². The van der Waals surface area contributed by atoms with Crippen molar-refractivity contribution in [2.45, 2.75) is 302 Å². The van der Waals surface area contributed by atoms with Crippen LogP contribution in [0.5, 0.6) is 0 Å². The van der Waals surface area contributed by atoms with Gasteiger partial charge < -0.3 is 25.2 Å². The van der Waals surface area contributed by atoms with Gasteiger partial charge in [-0.05, 0) is 44.9 Å². The van der Waals surface area contributed by atoms with E-state index in [1.807, 2.05) is 0 Å². The number of carboxylic acid groups (broad SMARTS) is 1. The van der Waals surface area contributed by atoms with E-state index in [1.165, 1.54) is 205 Å². The van der Waals surface area contributed by atoms with Crippen molar-refractivity contribution < 1.29 is 47.8 Å². The first-order chi connectivity index (χ1) is 33.6. The van der Waals surface area contributed by atoms with Crippen LogP contribution in [0.25, 0.3) is 0 Å². The number of aliphatic carboxylic acids is 1. The molecule has 11 nitrogen and oxygen atoms in total. The Hall–Kier alpha value is -2.04. The summed E-state index contributed by atoms with van der Waals surface area (Å²) in [4.78, 5) is 46.3. The van der Waals surface area contributed by atoms with Crippen molar-refractivity contribution >= 4 is 25.7 Å². The number of amides is 1. The maximum atomic E-state index is 12.4. The topological polar surface area (TPSA) is 169 Å². The van der Waals surface area contributed by atoms with Gasteiger partial charge in [0.1, 0.15) is 12.7 Å². The molecule has 0 fully saturated rings. The number of hydrogen-bond donors (Lipinski definition) is 4. The Morgan fingerprint density at radius 2 is 0.797 bits per heavy atom. The number of aliphatic hydroxyl groups excluding tert-OH is 1. The fourth-order valence-electron chi connectivity index (χ4n) is 8.53. The average molecular weight is 998 g/mol.